The van der Waals surface area contributed by atoms with Crippen LogP contribution in [-0.2, 0) is 27.3 Å². The standard InChI is InChI=1S/C12H19N5O3/c1-20-3-2-13-11(18)6-15-12(19)9-4-8-10(5-14-9)17-7-16-8/h7,9,14H,2-6H2,1H3,(H,13,18)(H,15,19)(H,16,17). The van der Waals surface area contributed by atoms with Crippen molar-refractivity contribution < 1.29 is 14.3 Å². The lowest BCUT2D eigenvalue weighted by atomic mass is 10.0. The van der Waals surface area contributed by atoms with Crippen LogP contribution in [0.2, 0.25) is 0 Å². The number of carbonyl (C=O) groups excluding carboxylic acids is 2. The number of imidazole rings is 1. The van der Waals surface area contributed by atoms with Crippen molar-refractivity contribution >= 4 is 11.8 Å². The van der Waals surface area contributed by atoms with E-state index in [1.165, 1.54) is 0 Å². The molecule has 1 aromatic heterocycles. The summed E-state index contributed by atoms with van der Waals surface area (Å²) in [6.45, 7) is 1.43. The summed E-state index contributed by atoms with van der Waals surface area (Å²) < 4.78 is 4.82. The minimum absolute atomic E-state index is 0.0336. The summed E-state index contributed by atoms with van der Waals surface area (Å²) in [5, 5.41) is 8.35. The van der Waals surface area contributed by atoms with Crippen molar-refractivity contribution in [3.8, 4) is 0 Å². The topological polar surface area (TPSA) is 108 Å². The molecule has 0 radical (unpaired) electrons. The molecule has 2 rings (SSSR count). The molecule has 4 N–H and O–H groups in total. The number of hydrogen-bond donors (Lipinski definition) is 4. The fraction of sp³-hybridized carbons (Fsp3) is 0.583. The van der Waals surface area contributed by atoms with E-state index >= 15 is 0 Å². The minimum Gasteiger partial charge on any atom is -0.383 e. The van der Waals surface area contributed by atoms with Crippen LogP contribution < -0.4 is 16.0 Å². The monoisotopic (exact) mass is 281 g/mol. The highest BCUT2D eigenvalue weighted by Crippen LogP contribution is 2.11. The van der Waals surface area contributed by atoms with Gasteiger partial charge in [0, 0.05) is 26.6 Å². The van der Waals surface area contributed by atoms with Crippen molar-refractivity contribution in [3.63, 3.8) is 0 Å². The third-order valence-corrected chi connectivity index (χ3v) is 3.10. The maximum absolute atomic E-state index is 11.9. The summed E-state index contributed by atoms with van der Waals surface area (Å²) in [4.78, 5) is 30.6. The Hall–Kier alpha value is -1.93. The lowest BCUT2D eigenvalue weighted by molar-refractivity contribution is -0.127. The second kappa shape index (κ2) is 7.01. The smallest absolute Gasteiger partial charge is 0.239 e. The number of nitrogens with zero attached hydrogens (tertiary/aromatic N) is 1. The summed E-state index contributed by atoms with van der Waals surface area (Å²) in [5.74, 6) is -0.424. The Morgan fingerprint density at radius 1 is 1.50 bits per heavy atom. The number of rotatable bonds is 6. The number of ether oxygens (including phenoxy) is 1. The number of hydrogen-bond acceptors (Lipinski definition) is 5. The molecular formula is C12H19N5O3. The number of fused-ring (bicyclic) bond motifs is 1. The predicted octanol–water partition coefficient (Wildman–Crippen LogP) is -1.70. The fourth-order valence-corrected chi connectivity index (χ4v) is 2.00. The first-order valence-corrected chi connectivity index (χ1v) is 6.48. The molecule has 1 aliphatic rings. The maximum Gasteiger partial charge on any atom is 0.239 e. The fourth-order valence-electron chi connectivity index (χ4n) is 2.00. The lowest BCUT2D eigenvalue weighted by Gasteiger charge is -2.22. The Kier molecular flexibility index (Phi) is 5.08. The molecule has 0 bridgehead atoms. The molecule has 20 heavy (non-hydrogen) atoms. The molecule has 2 heterocycles. The number of methoxy groups -OCH3 is 1. The third kappa shape index (κ3) is 3.78. The molecule has 1 atom stereocenters. The third-order valence-electron chi connectivity index (χ3n) is 3.10. The maximum atomic E-state index is 11.9. The first-order chi connectivity index (χ1) is 9.70. The van der Waals surface area contributed by atoms with Crippen molar-refractivity contribution in [1.29, 1.82) is 0 Å². The van der Waals surface area contributed by atoms with E-state index in [9.17, 15) is 9.59 Å². The van der Waals surface area contributed by atoms with Crippen LogP contribution in [0, 0.1) is 0 Å². The van der Waals surface area contributed by atoms with E-state index < -0.39 is 0 Å². The largest absolute Gasteiger partial charge is 0.383 e. The molecular weight excluding hydrogens is 262 g/mol. The zero-order chi connectivity index (χ0) is 14.4. The van der Waals surface area contributed by atoms with Gasteiger partial charge in [0.25, 0.3) is 0 Å². The van der Waals surface area contributed by atoms with Gasteiger partial charge in [0.05, 0.1) is 36.9 Å². The molecule has 0 aliphatic carbocycles. The molecule has 1 unspecified atom stereocenters. The normalized spacial score (nSPS) is 17.4. The van der Waals surface area contributed by atoms with Gasteiger partial charge in [0.1, 0.15) is 0 Å². The van der Waals surface area contributed by atoms with Crippen LogP contribution in [0.1, 0.15) is 11.4 Å². The van der Waals surface area contributed by atoms with Gasteiger partial charge in [0.15, 0.2) is 0 Å². The average molecular weight is 281 g/mol. The quantitative estimate of drug-likeness (QED) is 0.465. The van der Waals surface area contributed by atoms with Crippen LogP contribution in [0.5, 0.6) is 0 Å². The first-order valence-electron chi connectivity index (χ1n) is 6.48. The van der Waals surface area contributed by atoms with Gasteiger partial charge in [-0.3, -0.25) is 14.9 Å². The molecule has 0 spiro atoms. The van der Waals surface area contributed by atoms with E-state index in [2.05, 4.69) is 25.9 Å². The highest BCUT2D eigenvalue weighted by atomic mass is 16.5. The van der Waals surface area contributed by atoms with Crippen LogP contribution in [0.15, 0.2) is 6.33 Å². The van der Waals surface area contributed by atoms with Crippen molar-refractivity contribution in [2.24, 2.45) is 0 Å². The van der Waals surface area contributed by atoms with E-state index in [1.807, 2.05) is 0 Å². The van der Waals surface area contributed by atoms with E-state index in [0.29, 0.717) is 26.1 Å². The Balaban J connectivity index is 1.72. The van der Waals surface area contributed by atoms with Crippen molar-refractivity contribution in [1.82, 2.24) is 25.9 Å². The van der Waals surface area contributed by atoms with E-state index in [4.69, 9.17) is 4.74 Å². The lowest BCUT2D eigenvalue weighted by Crippen LogP contribution is -2.50. The minimum atomic E-state index is -0.349. The van der Waals surface area contributed by atoms with Crippen molar-refractivity contribution in [3.05, 3.63) is 17.7 Å². The van der Waals surface area contributed by atoms with Gasteiger partial charge in [-0.15, -0.1) is 0 Å². The molecule has 1 aromatic rings. The highest BCUT2D eigenvalue weighted by Gasteiger charge is 2.25. The van der Waals surface area contributed by atoms with Crippen LogP contribution >= 0.6 is 0 Å². The molecule has 8 nitrogen and oxygen atoms in total. The number of carbonyl (C=O) groups is 2. The molecule has 1 aliphatic heterocycles. The van der Waals surface area contributed by atoms with Crippen LogP contribution in [-0.4, -0.2) is 54.6 Å². The molecule has 0 aromatic carbocycles. The van der Waals surface area contributed by atoms with E-state index in [-0.39, 0.29) is 24.4 Å². The number of amides is 2. The summed E-state index contributed by atoms with van der Waals surface area (Å²) in [7, 11) is 1.56. The van der Waals surface area contributed by atoms with Gasteiger partial charge >= 0.3 is 0 Å². The Labute approximate surface area is 116 Å². The summed E-state index contributed by atoms with van der Waals surface area (Å²) >= 11 is 0. The SMILES string of the molecule is COCCNC(=O)CNC(=O)C1Cc2nc[nH]c2CN1. The highest BCUT2D eigenvalue weighted by molar-refractivity contribution is 5.87. The average Bonchev–Trinajstić information content (AvgIpc) is 2.92. The van der Waals surface area contributed by atoms with Gasteiger partial charge in [-0.25, -0.2) is 4.98 Å². The molecule has 2 amide bonds. The number of H-pyrrole nitrogens is 1. The zero-order valence-corrected chi connectivity index (χ0v) is 11.4. The number of nitrogens with one attached hydrogen (secondary N) is 4. The first kappa shape index (κ1) is 14.5. The van der Waals surface area contributed by atoms with E-state index in [0.717, 1.165) is 11.4 Å². The van der Waals surface area contributed by atoms with Gasteiger partial charge < -0.3 is 20.4 Å². The van der Waals surface area contributed by atoms with Crippen LogP contribution in [0.4, 0.5) is 0 Å². The van der Waals surface area contributed by atoms with Gasteiger partial charge in [-0.05, 0) is 0 Å². The van der Waals surface area contributed by atoms with Crippen molar-refractivity contribution in [2.75, 3.05) is 26.8 Å². The molecule has 0 saturated carbocycles. The van der Waals surface area contributed by atoms with Crippen LogP contribution in [0.3, 0.4) is 0 Å². The molecule has 110 valence electrons. The zero-order valence-electron chi connectivity index (χ0n) is 11.4. The van der Waals surface area contributed by atoms with Crippen LogP contribution in [0.25, 0.3) is 0 Å². The summed E-state index contributed by atoms with van der Waals surface area (Å²) in [6.07, 6.45) is 2.14. The van der Waals surface area contributed by atoms with Gasteiger partial charge in [-0.2, -0.15) is 0 Å². The number of aromatic amines is 1. The second-order valence-corrected chi connectivity index (χ2v) is 4.53. The molecule has 0 fully saturated rings. The Morgan fingerprint density at radius 3 is 3.15 bits per heavy atom. The van der Waals surface area contributed by atoms with Crippen molar-refractivity contribution in [2.45, 2.75) is 19.0 Å². The predicted molar refractivity (Wildman–Crippen MR) is 70.8 cm³/mol. The molecule has 8 heteroatoms. The summed E-state index contributed by atoms with van der Waals surface area (Å²) in [5.41, 5.74) is 1.90. The van der Waals surface area contributed by atoms with E-state index in [1.54, 1.807) is 13.4 Å². The van der Waals surface area contributed by atoms with Gasteiger partial charge in [0.2, 0.25) is 11.8 Å². The Morgan fingerprint density at radius 2 is 2.35 bits per heavy atom. The molecule has 0 saturated heterocycles. The summed E-state index contributed by atoms with van der Waals surface area (Å²) in [6, 6.07) is -0.349. The second-order valence-electron chi connectivity index (χ2n) is 4.53. The number of aromatic nitrogens is 2. The Bertz CT molecular complexity index is 473. The van der Waals surface area contributed by atoms with Gasteiger partial charge in [-0.1, -0.05) is 0 Å².